The highest BCUT2D eigenvalue weighted by Crippen LogP contribution is 2.54. The molecule has 1 N–H and O–H groups in total. The van der Waals surface area contributed by atoms with E-state index >= 15 is 0 Å². The van der Waals surface area contributed by atoms with Crippen LogP contribution >= 0.6 is 7.82 Å². The zero-order valence-electron chi connectivity index (χ0n) is 22.1. The molecule has 4 atom stereocenters. The lowest BCUT2D eigenvalue weighted by atomic mass is 10.1. The van der Waals surface area contributed by atoms with Gasteiger partial charge in [-0.2, -0.15) is 0 Å². The Kier molecular flexibility index (Phi) is 8.09. The molecular formula is C26H30N3O10P. The Morgan fingerprint density at radius 3 is 2.85 bits per heavy atom. The number of aromatic amines is 1. The van der Waals surface area contributed by atoms with Gasteiger partial charge in [0.1, 0.15) is 17.9 Å². The van der Waals surface area contributed by atoms with Crippen molar-refractivity contribution in [3.8, 4) is 5.75 Å². The van der Waals surface area contributed by atoms with Gasteiger partial charge in [0, 0.05) is 30.3 Å². The van der Waals surface area contributed by atoms with E-state index < -0.39 is 43.4 Å². The summed E-state index contributed by atoms with van der Waals surface area (Å²) in [6, 6.07) is 4.74. The number of H-pyrrole nitrogens is 1. The predicted molar refractivity (Wildman–Crippen MR) is 140 cm³/mol. The third-order valence-corrected chi connectivity index (χ3v) is 8.34. The van der Waals surface area contributed by atoms with Crippen molar-refractivity contribution < 1.29 is 37.2 Å². The highest BCUT2D eigenvalue weighted by molar-refractivity contribution is 7.49. The summed E-state index contributed by atoms with van der Waals surface area (Å²) in [4.78, 5) is 52.2. The average molecular weight is 576 g/mol. The van der Waals surface area contributed by atoms with Gasteiger partial charge in [-0.15, -0.1) is 0 Å². The molecule has 1 amide bonds. The molecule has 0 aliphatic carbocycles. The van der Waals surface area contributed by atoms with Crippen LogP contribution in [0, 0.1) is 6.92 Å². The summed E-state index contributed by atoms with van der Waals surface area (Å²) >= 11 is 0. The minimum absolute atomic E-state index is 0.0129. The standard InChI is InChI=1S/C26H30N3O10P/c1-16-13-29(26(33)27-24(16)31)23-10-7-19(38-23)15-37-40(34)36-14-18-12-17(5-8-21(18)39-40)6-9-22(30)28-11-3-4-20(28)25(32)35-2/h5,7-8,10,12-13,19-20,23H,3-4,6,9,11,14-15H2,1-2H3,(H,27,31,33)/t19-,20-,23+,40?/m0/s1. The number of ether oxygens (including phenoxy) is 2. The molecule has 214 valence electrons. The van der Waals surface area contributed by atoms with Gasteiger partial charge in [0.15, 0.2) is 6.23 Å². The van der Waals surface area contributed by atoms with Crippen molar-refractivity contribution in [1.29, 1.82) is 0 Å². The Balaban J connectivity index is 1.13. The third kappa shape index (κ3) is 5.97. The Labute approximate surface area is 229 Å². The van der Waals surface area contributed by atoms with Gasteiger partial charge in [-0.1, -0.05) is 12.1 Å². The van der Waals surface area contributed by atoms with Crippen molar-refractivity contribution in [2.45, 2.75) is 57.6 Å². The molecule has 1 saturated heterocycles. The summed E-state index contributed by atoms with van der Waals surface area (Å²) in [5, 5.41) is 0. The smallest absolute Gasteiger partial charge is 0.467 e. The van der Waals surface area contributed by atoms with Gasteiger partial charge >= 0.3 is 19.5 Å². The number of hydrogen-bond acceptors (Lipinski definition) is 10. The van der Waals surface area contributed by atoms with Gasteiger partial charge in [0.05, 0.1) is 20.3 Å². The highest BCUT2D eigenvalue weighted by atomic mass is 31.2. The topological polar surface area (TPSA) is 155 Å². The highest BCUT2D eigenvalue weighted by Gasteiger charge is 2.37. The summed E-state index contributed by atoms with van der Waals surface area (Å²) < 4.78 is 41.4. The second-order valence-electron chi connectivity index (χ2n) is 9.75. The summed E-state index contributed by atoms with van der Waals surface area (Å²) in [5.74, 6) is -0.150. The molecule has 0 radical (unpaired) electrons. The second-order valence-corrected chi connectivity index (χ2v) is 11.3. The van der Waals surface area contributed by atoms with E-state index in [0.29, 0.717) is 36.3 Å². The number of aryl methyl sites for hydroxylation is 2. The van der Waals surface area contributed by atoms with E-state index in [4.69, 9.17) is 23.0 Å². The molecule has 14 heteroatoms. The Morgan fingerprint density at radius 1 is 1.23 bits per heavy atom. The molecular weight excluding hydrogens is 545 g/mol. The molecule has 5 rings (SSSR count). The first-order valence-electron chi connectivity index (χ1n) is 12.9. The molecule has 3 aliphatic heterocycles. The fourth-order valence-electron chi connectivity index (χ4n) is 4.87. The van der Waals surface area contributed by atoms with E-state index in [2.05, 4.69) is 4.98 Å². The van der Waals surface area contributed by atoms with E-state index in [-0.39, 0.29) is 25.5 Å². The number of amides is 1. The van der Waals surface area contributed by atoms with Crippen LogP contribution in [0.25, 0.3) is 0 Å². The lowest BCUT2D eigenvalue weighted by Crippen LogP contribution is -2.41. The molecule has 13 nitrogen and oxygen atoms in total. The number of carbonyl (C=O) groups is 2. The Morgan fingerprint density at radius 2 is 2.05 bits per heavy atom. The van der Waals surface area contributed by atoms with Crippen molar-refractivity contribution in [3.05, 3.63) is 74.1 Å². The SMILES string of the molecule is COC(=O)[C@@H]1CCCN1C(=O)CCc1ccc2c(c1)COP(=O)(OC[C@@H]1C=C[C@H](n3cc(C)c(=O)[nH]c3=O)O1)O2. The van der Waals surface area contributed by atoms with E-state index in [1.807, 2.05) is 6.07 Å². The molecule has 1 unspecified atom stereocenters. The zero-order chi connectivity index (χ0) is 28.4. The summed E-state index contributed by atoms with van der Waals surface area (Å²) in [6.45, 7) is 1.95. The number of benzene rings is 1. The van der Waals surface area contributed by atoms with Crippen LogP contribution in [0.5, 0.6) is 5.75 Å². The van der Waals surface area contributed by atoms with Crippen molar-refractivity contribution >= 4 is 19.7 Å². The quantitative estimate of drug-likeness (QED) is 0.281. The first-order chi connectivity index (χ1) is 19.2. The van der Waals surface area contributed by atoms with Crippen LogP contribution in [-0.2, 0) is 45.7 Å². The fourth-order valence-corrected chi connectivity index (χ4v) is 6.10. The molecule has 1 aromatic heterocycles. The Bertz CT molecular complexity index is 1500. The van der Waals surface area contributed by atoms with Crippen LogP contribution in [0.2, 0.25) is 0 Å². The second kappa shape index (κ2) is 11.5. The number of nitrogens with zero attached hydrogens (tertiary/aromatic N) is 2. The number of likely N-dealkylation sites (tertiary alicyclic amines) is 1. The van der Waals surface area contributed by atoms with Gasteiger partial charge in [-0.25, -0.2) is 14.2 Å². The van der Waals surface area contributed by atoms with Crippen molar-refractivity contribution in [2.75, 3.05) is 20.3 Å². The number of fused-ring (bicyclic) bond motifs is 1. The molecule has 0 spiro atoms. The molecule has 4 heterocycles. The van der Waals surface area contributed by atoms with Gasteiger partial charge in [-0.3, -0.25) is 28.2 Å². The number of esters is 1. The predicted octanol–water partition coefficient (Wildman–Crippen LogP) is 2.13. The number of rotatable bonds is 8. The van der Waals surface area contributed by atoms with E-state index in [1.165, 1.54) is 17.9 Å². The normalized spacial score (nSPS) is 25.4. The largest absolute Gasteiger partial charge is 0.530 e. The number of methoxy groups -OCH3 is 1. The maximum absolute atomic E-state index is 13.1. The van der Waals surface area contributed by atoms with Crippen molar-refractivity contribution in [3.63, 3.8) is 0 Å². The van der Waals surface area contributed by atoms with E-state index in [0.717, 1.165) is 12.0 Å². The minimum atomic E-state index is -3.93. The lowest BCUT2D eigenvalue weighted by Gasteiger charge is -2.26. The van der Waals surface area contributed by atoms with Crippen LogP contribution in [0.1, 0.15) is 42.2 Å². The van der Waals surface area contributed by atoms with Crippen LogP contribution in [0.15, 0.2) is 46.1 Å². The first-order valence-corrected chi connectivity index (χ1v) is 14.4. The van der Waals surface area contributed by atoms with Crippen LogP contribution in [0.3, 0.4) is 0 Å². The fraction of sp³-hybridized carbons (Fsp3) is 0.462. The van der Waals surface area contributed by atoms with E-state index in [9.17, 15) is 23.7 Å². The van der Waals surface area contributed by atoms with E-state index in [1.54, 1.807) is 36.1 Å². The molecule has 2 aromatic rings. The van der Waals surface area contributed by atoms with Gasteiger partial charge in [0.2, 0.25) is 5.91 Å². The molecule has 0 bridgehead atoms. The maximum Gasteiger partial charge on any atom is 0.530 e. The first kappa shape index (κ1) is 28.0. The zero-order valence-corrected chi connectivity index (χ0v) is 23.0. The number of phosphoric acid groups is 1. The number of phosphoric ester groups is 1. The number of aromatic nitrogens is 2. The molecule has 40 heavy (non-hydrogen) atoms. The average Bonchev–Trinajstić information content (AvgIpc) is 3.62. The molecule has 3 aliphatic rings. The van der Waals surface area contributed by atoms with Gasteiger partial charge in [0.25, 0.3) is 5.56 Å². The molecule has 0 saturated carbocycles. The van der Waals surface area contributed by atoms with Crippen molar-refractivity contribution in [1.82, 2.24) is 14.5 Å². The lowest BCUT2D eigenvalue weighted by molar-refractivity contribution is -0.150. The Hall–Kier alpha value is -3.51. The minimum Gasteiger partial charge on any atom is -0.467 e. The van der Waals surface area contributed by atoms with Gasteiger partial charge < -0.3 is 18.9 Å². The number of hydrogen-bond donors (Lipinski definition) is 1. The van der Waals surface area contributed by atoms with Crippen molar-refractivity contribution in [2.24, 2.45) is 0 Å². The summed E-state index contributed by atoms with van der Waals surface area (Å²) in [7, 11) is -2.61. The molecule has 1 fully saturated rings. The number of nitrogens with one attached hydrogen (secondary N) is 1. The van der Waals surface area contributed by atoms with Crippen LogP contribution in [0.4, 0.5) is 0 Å². The van der Waals surface area contributed by atoms with Crippen LogP contribution in [-0.4, -0.2) is 58.7 Å². The summed E-state index contributed by atoms with van der Waals surface area (Å²) in [5.41, 5.74) is 0.814. The number of carbonyl (C=O) groups excluding carboxylic acids is 2. The molecule has 1 aromatic carbocycles. The monoisotopic (exact) mass is 575 g/mol. The van der Waals surface area contributed by atoms with Gasteiger partial charge in [-0.05, 0) is 50.0 Å². The summed E-state index contributed by atoms with van der Waals surface area (Å²) in [6.07, 6.45) is 5.36. The maximum atomic E-state index is 13.1. The third-order valence-electron chi connectivity index (χ3n) is 7.01. The van der Waals surface area contributed by atoms with Crippen LogP contribution < -0.4 is 15.8 Å².